The zero-order valence-electron chi connectivity index (χ0n) is 18.7. The Labute approximate surface area is 183 Å². The molecule has 31 heavy (non-hydrogen) atoms. The summed E-state index contributed by atoms with van der Waals surface area (Å²) in [5.74, 6) is 0.244. The van der Waals surface area contributed by atoms with Crippen LogP contribution in [0.5, 0.6) is 0 Å². The summed E-state index contributed by atoms with van der Waals surface area (Å²) in [6, 6.07) is 15.1. The van der Waals surface area contributed by atoms with Crippen molar-refractivity contribution >= 4 is 28.4 Å². The van der Waals surface area contributed by atoms with Crippen LogP contribution in [0.3, 0.4) is 0 Å². The van der Waals surface area contributed by atoms with E-state index in [1.165, 1.54) is 0 Å². The second-order valence-corrected chi connectivity index (χ2v) is 8.21. The van der Waals surface area contributed by atoms with Crippen LogP contribution < -0.4 is 10.6 Å². The van der Waals surface area contributed by atoms with Gasteiger partial charge in [-0.3, -0.25) is 9.59 Å². The van der Waals surface area contributed by atoms with Crippen molar-refractivity contribution in [1.29, 1.82) is 0 Å². The second-order valence-electron chi connectivity index (χ2n) is 8.21. The first-order chi connectivity index (χ1) is 14.9. The van der Waals surface area contributed by atoms with Crippen LogP contribution in [0.1, 0.15) is 46.7 Å². The lowest BCUT2D eigenvalue weighted by Crippen LogP contribution is -2.29. The summed E-state index contributed by atoms with van der Waals surface area (Å²) in [4.78, 5) is 25.3. The highest BCUT2D eigenvalue weighted by molar-refractivity contribution is 6.06. The lowest BCUT2D eigenvalue weighted by Gasteiger charge is -2.13. The number of hydrogen-bond donors (Lipinski definition) is 2. The first kappa shape index (κ1) is 22.6. The second kappa shape index (κ2) is 10.3. The molecule has 3 aromatic rings. The Morgan fingerprint density at radius 2 is 1.77 bits per heavy atom. The van der Waals surface area contributed by atoms with Crippen molar-refractivity contribution in [3.05, 3.63) is 65.4 Å². The summed E-state index contributed by atoms with van der Waals surface area (Å²) in [5.41, 5.74) is 4.01. The highest BCUT2D eigenvalue weighted by Crippen LogP contribution is 2.25. The van der Waals surface area contributed by atoms with Gasteiger partial charge in [0.2, 0.25) is 0 Å². The van der Waals surface area contributed by atoms with Crippen molar-refractivity contribution in [3.8, 4) is 0 Å². The number of ether oxygens (including phenoxy) is 1. The average molecular weight is 422 g/mol. The molecular weight excluding hydrogens is 390 g/mol. The number of fused-ring (bicyclic) bond motifs is 1. The topological polar surface area (TPSA) is 72.4 Å². The van der Waals surface area contributed by atoms with Crippen LogP contribution in [0.2, 0.25) is 0 Å². The van der Waals surface area contributed by atoms with Crippen LogP contribution in [0.15, 0.2) is 48.5 Å². The molecule has 3 rings (SSSR count). The van der Waals surface area contributed by atoms with Crippen LogP contribution in [-0.4, -0.2) is 36.6 Å². The number of aryl methyl sites for hydroxylation is 2. The molecule has 6 nitrogen and oxygen atoms in total. The van der Waals surface area contributed by atoms with Crippen LogP contribution in [0.25, 0.3) is 10.9 Å². The molecule has 1 heterocycles. The molecule has 0 bridgehead atoms. The fraction of sp³-hybridized carbons (Fsp3) is 0.360. The number of carbonyl (C=O) groups is 2. The molecular formula is C25H31N3O3. The van der Waals surface area contributed by atoms with Crippen LogP contribution in [-0.2, 0) is 11.3 Å². The van der Waals surface area contributed by atoms with E-state index >= 15 is 0 Å². The Bertz CT molecular complexity index is 1050. The van der Waals surface area contributed by atoms with Gasteiger partial charge >= 0.3 is 0 Å². The minimum atomic E-state index is -0.156. The van der Waals surface area contributed by atoms with E-state index in [0.717, 1.165) is 29.4 Å². The third-order valence-electron chi connectivity index (χ3n) is 5.23. The average Bonchev–Trinajstić information content (AvgIpc) is 3.10. The predicted molar refractivity (Wildman–Crippen MR) is 125 cm³/mol. The molecule has 2 amide bonds. The number of nitrogens with zero attached hydrogens (tertiary/aromatic N) is 1. The van der Waals surface area contributed by atoms with E-state index in [0.29, 0.717) is 36.0 Å². The number of rotatable bonds is 9. The van der Waals surface area contributed by atoms with Crippen molar-refractivity contribution in [1.82, 2.24) is 9.88 Å². The van der Waals surface area contributed by atoms with E-state index in [9.17, 15) is 9.59 Å². The number of nitrogens with one attached hydrogen (secondary N) is 2. The fourth-order valence-corrected chi connectivity index (χ4v) is 3.43. The van der Waals surface area contributed by atoms with Crippen molar-refractivity contribution in [2.24, 2.45) is 5.92 Å². The number of carbonyl (C=O) groups excluding carboxylic acids is 2. The summed E-state index contributed by atoms with van der Waals surface area (Å²) in [7, 11) is 1.61. The lowest BCUT2D eigenvalue weighted by atomic mass is 10.1. The zero-order valence-corrected chi connectivity index (χ0v) is 18.7. The van der Waals surface area contributed by atoms with E-state index in [1.54, 1.807) is 7.11 Å². The van der Waals surface area contributed by atoms with Crippen molar-refractivity contribution in [3.63, 3.8) is 0 Å². The fourth-order valence-electron chi connectivity index (χ4n) is 3.43. The van der Waals surface area contributed by atoms with Gasteiger partial charge in [0.1, 0.15) is 5.69 Å². The Morgan fingerprint density at radius 1 is 1.03 bits per heavy atom. The summed E-state index contributed by atoms with van der Waals surface area (Å²) < 4.78 is 7.09. The molecule has 0 saturated heterocycles. The van der Waals surface area contributed by atoms with Crippen molar-refractivity contribution in [2.75, 3.05) is 25.6 Å². The van der Waals surface area contributed by atoms with Gasteiger partial charge in [0.05, 0.1) is 6.61 Å². The maximum absolute atomic E-state index is 12.8. The predicted octanol–water partition coefficient (Wildman–Crippen LogP) is 4.62. The summed E-state index contributed by atoms with van der Waals surface area (Å²) >= 11 is 0. The molecule has 2 N–H and O–H groups in total. The molecule has 0 radical (unpaired) electrons. The Morgan fingerprint density at radius 3 is 2.45 bits per heavy atom. The maximum atomic E-state index is 12.8. The van der Waals surface area contributed by atoms with Gasteiger partial charge in [0.15, 0.2) is 0 Å². The smallest absolute Gasteiger partial charge is 0.268 e. The quantitative estimate of drug-likeness (QED) is 0.495. The first-order valence-electron chi connectivity index (χ1n) is 10.7. The normalized spacial score (nSPS) is 11.1. The Balaban J connectivity index is 1.87. The van der Waals surface area contributed by atoms with Gasteiger partial charge in [-0.2, -0.15) is 0 Å². The minimum Gasteiger partial charge on any atom is -0.383 e. The van der Waals surface area contributed by atoms with E-state index in [2.05, 4.69) is 29.0 Å². The van der Waals surface area contributed by atoms with E-state index < -0.39 is 0 Å². The molecule has 0 aliphatic rings. The molecule has 164 valence electrons. The van der Waals surface area contributed by atoms with Gasteiger partial charge in [-0.25, -0.2) is 0 Å². The van der Waals surface area contributed by atoms with Gasteiger partial charge in [-0.1, -0.05) is 31.5 Å². The van der Waals surface area contributed by atoms with Gasteiger partial charge in [-0.15, -0.1) is 0 Å². The van der Waals surface area contributed by atoms with Gasteiger partial charge in [0.25, 0.3) is 11.8 Å². The van der Waals surface area contributed by atoms with Crippen molar-refractivity contribution in [2.45, 2.75) is 33.7 Å². The molecule has 0 aliphatic heterocycles. The summed E-state index contributed by atoms with van der Waals surface area (Å²) in [6.07, 6.45) is 0.966. The highest BCUT2D eigenvalue weighted by Gasteiger charge is 2.16. The summed E-state index contributed by atoms with van der Waals surface area (Å²) in [6.45, 7) is 8.00. The standard InChI is InChI=1S/C25H31N3O3/c1-17(2)11-13-28-22-10-9-21(27-24(29)19-7-5-18(3)6-8-19)15-20(22)16-23(28)25(30)26-12-14-31-4/h5-10,15-17H,11-14H2,1-4H3,(H,26,30)(H,27,29). The number of methoxy groups -OCH3 is 1. The third-order valence-corrected chi connectivity index (χ3v) is 5.23. The largest absolute Gasteiger partial charge is 0.383 e. The van der Waals surface area contributed by atoms with Crippen LogP contribution in [0.4, 0.5) is 5.69 Å². The first-order valence-corrected chi connectivity index (χ1v) is 10.7. The third kappa shape index (κ3) is 5.73. The van der Waals surface area contributed by atoms with Crippen LogP contribution in [0, 0.1) is 12.8 Å². The molecule has 6 heteroatoms. The van der Waals surface area contributed by atoms with E-state index in [4.69, 9.17) is 4.74 Å². The Kier molecular flexibility index (Phi) is 7.47. The molecule has 2 aromatic carbocycles. The highest BCUT2D eigenvalue weighted by atomic mass is 16.5. The van der Waals surface area contributed by atoms with Gasteiger partial charge < -0.3 is 19.9 Å². The number of benzene rings is 2. The molecule has 0 fully saturated rings. The molecule has 0 unspecified atom stereocenters. The molecule has 0 atom stereocenters. The van der Waals surface area contributed by atoms with Crippen LogP contribution >= 0.6 is 0 Å². The van der Waals surface area contributed by atoms with Gasteiger partial charge in [0, 0.05) is 42.4 Å². The molecule has 1 aromatic heterocycles. The van der Waals surface area contributed by atoms with E-state index in [1.807, 2.05) is 55.5 Å². The van der Waals surface area contributed by atoms with Gasteiger partial charge in [-0.05, 0) is 55.7 Å². The number of aromatic nitrogens is 1. The lowest BCUT2D eigenvalue weighted by molar-refractivity contribution is 0.0927. The maximum Gasteiger partial charge on any atom is 0.268 e. The molecule has 0 saturated carbocycles. The number of amides is 2. The SMILES string of the molecule is COCCNC(=O)c1cc2cc(NC(=O)c3ccc(C)cc3)ccc2n1CCC(C)C. The monoisotopic (exact) mass is 421 g/mol. The number of hydrogen-bond acceptors (Lipinski definition) is 3. The zero-order chi connectivity index (χ0) is 22.4. The molecule has 0 aliphatic carbocycles. The van der Waals surface area contributed by atoms with Crippen molar-refractivity contribution < 1.29 is 14.3 Å². The molecule has 0 spiro atoms. The minimum absolute atomic E-state index is 0.123. The summed E-state index contributed by atoms with van der Waals surface area (Å²) in [5, 5.41) is 6.78. The number of anilines is 1. The van der Waals surface area contributed by atoms with E-state index in [-0.39, 0.29) is 11.8 Å². The Hall–Kier alpha value is -3.12.